The first kappa shape index (κ1) is 15.2. The van der Waals surface area contributed by atoms with Crippen molar-refractivity contribution in [2.45, 2.75) is 13.5 Å². The molecular weight excluding hydrogens is 226 g/mol. The summed E-state index contributed by atoms with van der Waals surface area (Å²) in [5.41, 5.74) is 1.26. The van der Waals surface area contributed by atoms with E-state index in [0.717, 1.165) is 25.4 Å². The molecule has 3 nitrogen and oxygen atoms in total. The molecule has 0 saturated carbocycles. The Morgan fingerprint density at radius 2 is 1.88 bits per heavy atom. The van der Waals surface area contributed by atoms with Crippen LogP contribution in [0.1, 0.15) is 12.5 Å². The Bertz CT molecular complexity index is 264. The summed E-state index contributed by atoms with van der Waals surface area (Å²) in [5.74, 6) is 0.929. The molecule has 92 valence electrons. The van der Waals surface area contributed by atoms with Crippen LogP contribution in [0.15, 0.2) is 24.3 Å². The molecule has 4 heteroatoms. The molecule has 0 saturated heterocycles. The monoisotopic (exact) mass is 245 g/mol. The maximum absolute atomic E-state index is 5.36. The average Bonchev–Trinajstić information content (AvgIpc) is 2.27. The van der Waals surface area contributed by atoms with E-state index in [2.05, 4.69) is 17.4 Å². The maximum atomic E-state index is 5.36. The minimum atomic E-state index is 0. The third kappa shape index (κ3) is 5.95. The lowest BCUT2D eigenvalue weighted by atomic mass is 10.2. The molecule has 0 aliphatic carbocycles. The minimum Gasteiger partial charge on any atom is -0.494 e. The first-order valence-electron chi connectivity index (χ1n) is 5.28. The van der Waals surface area contributed by atoms with Crippen molar-refractivity contribution in [1.29, 1.82) is 0 Å². The molecule has 1 aromatic rings. The first-order valence-corrected chi connectivity index (χ1v) is 5.28. The molecule has 0 aromatic heterocycles. The second kappa shape index (κ2) is 9.46. The molecule has 0 aliphatic rings. The fourth-order valence-corrected chi connectivity index (χ4v) is 1.28. The van der Waals surface area contributed by atoms with Gasteiger partial charge in [0.1, 0.15) is 5.75 Å². The number of rotatable bonds is 7. The van der Waals surface area contributed by atoms with E-state index in [-0.39, 0.29) is 12.4 Å². The van der Waals surface area contributed by atoms with Gasteiger partial charge in [-0.25, -0.2) is 0 Å². The van der Waals surface area contributed by atoms with Gasteiger partial charge in [-0.05, 0) is 24.6 Å². The van der Waals surface area contributed by atoms with Gasteiger partial charge >= 0.3 is 0 Å². The summed E-state index contributed by atoms with van der Waals surface area (Å²) in [7, 11) is 1.71. The van der Waals surface area contributed by atoms with E-state index in [9.17, 15) is 0 Å². The van der Waals surface area contributed by atoms with Crippen molar-refractivity contribution in [2.75, 3.05) is 26.9 Å². The van der Waals surface area contributed by atoms with Crippen molar-refractivity contribution in [3.05, 3.63) is 29.8 Å². The molecule has 1 rings (SSSR count). The Balaban J connectivity index is 0.00000225. The molecule has 0 atom stereocenters. The number of hydrogen-bond donors (Lipinski definition) is 1. The molecule has 0 heterocycles. The second-order valence-electron chi connectivity index (χ2n) is 3.25. The summed E-state index contributed by atoms with van der Waals surface area (Å²) in [6, 6.07) is 8.14. The van der Waals surface area contributed by atoms with Crippen molar-refractivity contribution >= 4 is 12.4 Å². The predicted molar refractivity (Wildman–Crippen MR) is 68.4 cm³/mol. The van der Waals surface area contributed by atoms with Crippen LogP contribution in [0, 0.1) is 0 Å². The van der Waals surface area contributed by atoms with E-state index in [4.69, 9.17) is 9.47 Å². The highest BCUT2D eigenvalue weighted by molar-refractivity contribution is 5.85. The molecule has 0 aliphatic heterocycles. The Morgan fingerprint density at radius 3 is 2.44 bits per heavy atom. The van der Waals surface area contributed by atoms with Crippen molar-refractivity contribution < 1.29 is 9.47 Å². The average molecular weight is 246 g/mol. The fourth-order valence-electron chi connectivity index (χ4n) is 1.28. The largest absolute Gasteiger partial charge is 0.494 e. The quantitative estimate of drug-likeness (QED) is 0.748. The lowest BCUT2D eigenvalue weighted by Gasteiger charge is -2.06. The molecule has 0 unspecified atom stereocenters. The summed E-state index contributed by atoms with van der Waals surface area (Å²) >= 11 is 0. The summed E-state index contributed by atoms with van der Waals surface area (Å²) in [6.07, 6.45) is 0. The van der Waals surface area contributed by atoms with Gasteiger partial charge in [-0.2, -0.15) is 0 Å². The number of methoxy groups -OCH3 is 1. The van der Waals surface area contributed by atoms with Gasteiger partial charge in [0.15, 0.2) is 0 Å². The van der Waals surface area contributed by atoms with Gasteiger partial charge in [-0.1, -0.05) is 12.1 Å². The van der Waals surface area contributed by atoms with Gasteiger partial charge in [0.05, 0.1) is 13.2 Å². The van der Waals surface area contributed by atoms with Gasteiger partial charge in [0.2, 0.25) is 0 Å². The van der Waals surface area contributed by atoms with Crippen molar-refractivity contribution in [3.63, 3.8) is 0 Å². The molecule has 1 aromatic carbocycles. The summed E-state index contributed by atoms with van der Waals surface area (Å²) in [4.78, 5) is 0. The lowest BCUT2D eigenvalue weighted by molar-refractivity contribution is 0.199. The minimum absolute atomic E-state index is 0. The van der Waals surface area contributed by atoms with E-state index < -0.39 is 0 Å². The summed E-state index contributed by atoms with van der Waals surface area (Å²) < 4.78 is 10.3. The lowest BCUT2D eigenvalue weighted by Crippen LogP contribution is -2.18. The fraction of sp³-hybridized carbons (Fsp3) is 0.500. The zero-order valence-corrected chi connectivity index (χ0v) is 10.7. The second-order valence-corrected chi connectivity index (χ2v) is 3.25. The zero-order chi connectivity index (χ0) is 10.9. The summed E-state index contributed by atoms with van der Waals surface area (Å²) in [6.45, 7) is 5.20. The van der Waals surface area contributed by atoms with Crippen molar-refractivity contribution in [1.82, 2.24) is 5.32 Å². The molecule has 1 N–H and O–H groups in total. The normalized spacial score (nSPS) is 9.62. The van der Waals surface area contributed by atoms with Crippen LogP contribution in [-0.4, -0.2) is 26.9 Å². The summed E-state index contributed by atoms with van der Waals surface area (Å²) in [5, 5.41) is 3.29. The Labute approximate surface area is 104 Å². The van der Waals surface area contributed by atoms with Gasteiger partial charge in [0, 0.05) is 20.2 Å². The topological polar surface area (TPSA) is 30.5 Å². The zero-order valence-electron chi connectivity index (χ0n) is 9.86. The van der Waals surface area contributed by atoms with Gasteiger partial charge in [-0.3, -0.25) is 0 Å². The maximum Gasteiger partial charge on any atom is 0.119 e. The van der Waals surface area contributed by atoms with Crippen LogP contribution in [0.4, 0.5) is 0 Å². The highest BCUT2D eigenvalue weighted by Crippen LogP contribution is 2.11. The molecule has 0 spiro atoms. The van der Waals surface area contributed by atoms with E-state index in [1.165, 1.54) is 5.56 Å². The van der Waals surface area contributed by atoms with Crippen LogP contribution in [-0.2, 0) is 11.3 Å². The third-order valence-corrected chi connectivity index (χ3v) is 2.05. The number of ether oxygens (including phenoxy) is 2. The van der Waals surface area contributed by atoms with Crippen molar-refractivity contribution in [3.8, 4) is 5.75 Å². The Morgan fingerprint density at radius 1 is 1.19 bits per heavy atom. The van der Waals surface area contributed by atoms with E-state index >= 15 is 0 Å². The van der Waals surface area contributed by atoms with Crippen LogP contribution in [0.2, 0.25) is 0 Å². The number of halogens is 1. The standard InChI is InChI=1S/C12H19NO2.ClH/c1-3-15-12-6-4-11(5-7-12)10-13-8-9-14-2;/h4-7,13H,3,8-10H2,1-2H3;1H. The van der Waals surface area contributed by atoms with Gasteiger partial charge in [-0.15, -0.1) is 12.4 Å². The smallest absolute Gasteiger partial charge is 0.119 e. The van der Waals surface area contributed by atoms with Crippen LogP contribution in [0.3, 0.4) is 0 Å². The highest BCUT2D eigenvalue weighted by Gasteiger charge is 1.94. The SMILES string of the molecule is CCOc1ccc(CNCCOC)cc1.Cl. The van der Waals surface area contributed by atoms with Crippen molar-refractivity contribution in [2.24, 2.45) is 0 Å². The predicted octanol–water partition coefficient (Wildman–Crippen LogP) is 2.24. The van der Waals surface area contributed by atoms with E-state index in [1.54, 1.807) is 7.11 Å². The van der Waals surface area contributed by atoms with Gasteiger partial charge in [0.25, 0.3) is 0 Å². The van der Waals surface area contributed by atoms with E-state index in [1.807, 2.05) is 19.1 Å². The first-order chi connectivity index (χ1) is 7.36. The Kier molecular flexibility index (Phi) is 9.00. The molecular formula is C12H20ClNO2. The number of hydrogen-bond acceptors (Lipinski definition) is 3. The van der Waals surface area contributed by atoms with Crippen LogP contribution >= 0.6 is 12.4 Å². The van der Waals surface area contributed by atoms with E-state index in [0.29, 0.717) is 6.61 Å². The molecule has 0 fully saturated rings. The third-order valence-electron chi connectivity index (χ3n) is 2.05. The molecule has 0 amide bonds. The molecule has 16 heavy (non-hydrogen) atoms. The molecule has 0 radical (unpaired) electrons. The highest BCUT2D eigenvalue weighted by atomic mass is 35.5. The molecule has 0 bridgehead atoms. The van der Waals surface area contributed by atoms with Crippen LogP contribution < -0.4 is 10.1 Å². The van der Waals surface area contributed by atoms with Gasteiger partial charge < -0.3 is 14.8 Å². The number of benzene rings is 1. The van der Waals surface area contributed by atoms with Crippen LogP contribution in [0.25, 0.3) is 0 Å². The Hall–Kier alpha value is -0.770. The van der Waals surface area contributed by atoms with Crippen LogP contribution in [0.5, 0.6) is 5.75 Å². The number of nitrogens with one attached hydrogen (secondary N) is 1.